The molecule has 3 rings (SSSR count). The van der Waals surface area contributed by atoms with Crippen LogP contribution in [-0.2, 0) is 9.53 Å². The second-order valence-corrected chi connectivity index (χ2v) is 10.4. The Hall–Kier alpha value is -1.85. The van der Waals surface area contributed by atoms with E-state index in [1.165, 1.54) is 49.1 Å². The molecule has 2 heterocycles. The molecular weight excluding hydrogens is 521 g/mol. The van der Waals surface area contributed by atoms with E-state index in [0.29, 0.717) is 25.4 Å². The lowest BCUT2D eigenvalue weighted by molar-refractivity contribution is -0.122. The number of nitrogens with one attached hydrogen (secondary N) is 1. The second kappa shape index (κ2) is 14.6. The fourth-order valence-electron chi connectivity index (χ4n) is 3.25. The van der Waals surface area contributed by atoms with Crippen molar-refractivity contribution in [2.45, 2.75) is 59.1 Å². The van der Waals surface area contributed by atoms with Crippen LogP contribution >= 0.6 is 47.3 Å². The van der Waals surface area contributed by atoms with Crippen LogP contribution in [0, 0.1) is 5.92 Å². The highest BCUT2D eigenvalue weighted by molar-refractivity contribution is 8.26. The fraction of sp³-hybridized carbons (Fsp3) is 0.400. The van der Waals surface area contributed by atoms with Crippen LogP contribution in [0.4, 0.5) is 0 Å². The molecule has 1 amide bonds. The Balaban J connectivity index is 0.00000145. The number of allylic oxidation sites excluding steroid dienone is 5. The van der Waals surface area contributed by atoms with Gasteiger partial charge in [0.05, 0.1) is 17.6 Å². The average molecular weight is 555 g/mol. The predicted molar refractivity (Wildman–Crippen MR) is 153 cm³/mol. The quantitative estimate of drug-likeness (QED) is 0.237. The van der Waals surface area contributed by atoms with Gasteiger partial charge in [0.2, 0.25) is 5.91 Å². The number of ether oxygens (including phenoxy) is 1. The number of aliphatic hydroxyl groups is 1. The monoisotopic (exact) mass is 554 g/mol. The lowest BCUT2D eigenvalue weighted by Gasteiger charge is -2.30. The molecule has 1 fully saturated rings. The highest BCUT2D eigenvalue weighted by atomic mass is 32.2. The SMILES string of the molecule is CC.CC.COC(=O)c1cscc1SN(C(C)=O)C1=CC=CC=CC1/C(C)=C1\SC(=S)NC1(C)O. The summed E-state index contributed by atoms with van der Waals surface area (Å²) in [4.78, 5) is 26.1. The standard InChI is InChI=1S/C21H22N2O4S4.2C2H6/c1-12(18-21(3,26)22-20(28)30-18)14-8-6-5-7-9-16(14)23(13(2)24)31-17-11-29-10-15(17)19(25)27-4;2*1-2/h5-11,14,26H,1-4H3,(H,22,28);2*1-2H3/b18-12-;;. The Morgan fingerprint density at radius 3 is 2.37 bits per heavy atom. The van der Waals surface area contributed by atoms with Crippen molar-refractivity contribution in [1.29, 1.82) is 0 Å². The zero-order valence-corrected chi connectivity index (χ0v) is 24.6. The molecule has 0 aromatic carbocycles. The maximum atomic E-state index is 12.7. The molecule has 2 unspecified atom stereocenters. The molecular formula is C25H34N2O4S4. The second-order valence-electron chi connectivity index (χ2n) is 6.98. The Labute approximate surface area is 226 Å². The van der Waals surface area contributed by atoms with Crippen LogP contribution < -0.4 is 5.32 Å². The predicted octanol–water partition coefficient (Wildman–Crippen LogP) is 6.67. The number of thiophene rings is 1. The molecule has 2 aliphatic rings. The van der Waals surface area contributed by atoms with Crippen molar-refractivity contribution >= 4 is 63.5 Å². The van der Waals surface area contributed by atoms with Gasteiger partial charge in [0.15, 0.2) is 5.72 Å². The van der Waals surface area contributed by atoms with E-state index in [2.05, 4.69) is 5.32 Å². The number of carbonyl (C=O) groups excluding carboxylic acids is 2. The molecule has 1 saturated heterocycles. The Morgan fingerprint density at radius 1 is 1.17 bits per heavy atom. The molecule has 0 bridgehead atoms. The van der Waals surface area contributed by atoms with Crippen LogP contribution in [0.1, 0.15) is 58.8 Å². The Kier molecular flexibility index (Phi) is 13.0. The maximum Gasteiger partial charge on any atom is 0.339 e. The first kappa shape index (κ1) is 31.2. The number of methoxy groups -OCH3 is 1. The minimum Gasteiger partial charge on any atom is -0.465 e. The van der Waals surface area contributed by atoms with Gasteiger partial charge in [-0.2, -0.15) is 11.3 Å². The van der Waals surface area contributed by atoms with Crippen molar-refractivity contribution in [3.63, 3.8) is 0 Å². The fourth-order valence-corrected chi connectivity index (χ4v) is 6.61. The van der Waals surface area contributed by atoms with Gasteiger partial charge in [0.25, 0.3) is 0 Å². The first-order valence-electron chi connectivity index (χ1n) is 11.3. The summed E-state index contributed by atoms with van der Waals surface area (Å²) in [6.45, 7) is 13.1. The van der Waals surface area contributed by atoms with Gasteiger partial charge in [-0.1, -0.05) is 76.0 Å². The summed E-state index contributed by atoms with van der Waals surface area (Å²) in [5.41, 5.74) is 0.728. The zero-order chi connectivity index (χ0) is 26.8. The number of esters is 1. The van der Waals surface area contributed by atoms with E-state index < -0.39 is 11.7 Å². The summed E-state index contributed by atoms with van der Waals surface area (Å²) in [5.74, 6) is -0.928. The Bertz CT molecular complexity index is 1040. The van der Waals surface area contributed by atoms with Crippen LogP contribution in [0.3, 0.4) is 0 Å². The third-order valence-electron chi connectivity index (χ3n) is 4.66. The zero-order valence-electron chi connectivity index (χ0n) is 21.4. The topological polar surface area (TPSA) is 78.9 Å². The average Bonchev–Trinajstić information content (AvgIpc) is 3.32. The van der Waals surface area contributed by atoms with Crippen molar-refractivity contribution in [2.75, 3.05) is 7.11 Å². The molecule has 0 radical (unpaired) electrons. The third kappa shape index (κ3) is 7.82. The van der Waals surface area contributed by atoms with Crippen molar-refractivity contribution in [3.05, 3.63) is 62.9 Å². The van der Waals surface area contributed by atoms with E-state index in [9.17, 15) is 14.7 Å². The number of thioether (sulfide) groups is 1. The first-order chi connectivity index (χ1) is 16.7. The summed E-state index contributed by atoms with van der Waals surface area (Å²) < 4.78 is 6.93. The van der Waals surface area contributed by atoms with Gasteiger partial charge in [-0.3, -0.25) is 9.10 Å². The molecule has 0 saturated carbocycles. The van der Waals surface area contributed by atoms with Gasteiger partial charge in [-0.15, -0.1) is 0 Å². The van der Waals surface area contributed by atoms with E-state index in [0.717, 1.165) is 5.57 Å². The van der Waals surface area contributed by atoms with Crippen molar-refractivity contribution in [2.24, 2.45) is 5.92 Å². The molecule has 0 spiro atoms. The van der Waals surface area contributed by atoms with Crippen molar-refractivity contribution in [1.82, 2.24) is 9.62 Å². The molecule has 35 heavy (non-hydrogen) atoms. The molecule has 2 atom stereocenters. The van der Waals surface area contributed by atoms with Gasteiger partial charge < -0.3 is 15.2 Å². The van der Waals surface area contributed by atoms with E-state index in [1.54, 1.807) is 16.6 Å². The summed E-state index contributed by atoms with van der Waals surface area (Å²) in [6, 6.07) is 0. The number of carbonyl (C=O) groups is 2. The molecule has 10 heteroatoms. The van der Waals surface area contributed by atoms with E-state index in [-0.39, 0.29) is 11.8 Å². The number of thiocarbonyl (C=S) groups is 1. The van der Waals surface area contributed by atoms with E-state index >= 15 is 0 Å². The van der Waals surface area contributed by atoms with Crippen LogP contribution in [-0.4, -0.2) is 38.4 Å². The van der Waals surface area contributed by atoms with E-state index in [4.69, 9.17) is 17.0 Å². The number of hydrogen-bond donors (Lipinski definition) is 2. The highest BCUT2D eigenvalue weighted by Crippen LogP contribution is 2.43. The molecule has 192 valence electrons. The van der Waals surface area contributed by atoms with Crippen LogP contribution in [0.5, 0.6) is 0 Å². The van der Waals surface area contributed by atoms with Gasteiger partial charge in [-0.25, -0.2) is 4.79 Å². The third-order valence-corrected chi connectivity index (χ3v) is 8.30. The molecule has 1 aromatic heterocycles. The normalized spacial score (nSPS) is 21.9. The van der Waals surface area contributed by atoms with Crippen LogP contribution in [0.2, 0.25) is 0 Å². The van der Waals surface area contributed by atoms with Gasteiger partial charge in [-0.05, 0) is 37.4 Å². The molecule has 1 aliphatic carbocycles. The molecule has 6 nitrogen and oxygen atoms in total. The lowest BCUT2D eigenvalue weighted by atomic mass is 9.93. The molecule has 1 aliphatic heterocycles. The first-order valence-corrected chi connectivity index (χ1v) is 14.2. The lowest BCUT2D eigenvalue weighted by Crippen LogP contribution is -2.39. The minimum absolute atomic E-state index is 0.191. The number of amides is 1. The molecule has 2 N–H and O–H groups in total. The maximum absolute atomic E-state index is 12.7. The largest absolute Gasteiger partial charge is 0.465 e. The smallest absolute Gasteiger partial charge is 0.339 e. The summed E-state index contributed by atoms with van der Waals surface area (Å²) in [7, 11) is 1.33. The van der Waals surface area contributed by atoms with Crippen molar-refractivity contribution < 1.29 is 19.4 Å². The minimum atomic E-state index is -1.27. The van der Waals surface area contributed by atoms with Gasteiger partial charge >= 0.3 is 5.97 Å². The summed E-state index contributed by atoms with van der Waals surface area (Å²) in [6.07, 6.45) is 9.49. The van der Waals surface area contributed by atoms with Gasteiger partial charge in [0, 0.05) is 34.2 Å². The van der Waals surface area contributed by atoms with Crippen LogP contribution in [0.25, 0.3) is 0 Å². The number of nitrogens with zero attached hydrogens (tertiary/aromatic N) is 1. The highest BCUT2D eigenvalue weighted by Gasteiger charge is 2.39. The van der Waals surface area contributed by atoms with E-state index in [1.807, 2.05) is 70.4 Å². The van der Waals surface area contributed by atoms with Crippen LogP contribution in [0.15, 0.2) is 62.2 Å². The molecule has 1 aromatic rings. The number of rotatable bonds is 5. The summed E-state index contributed by atoms with van der Waals surface area (Å²) in [5, 5.41) is 17.2. The number of hydrogen-bond acceptors (Lipinski definition) is 8. The Morgan fingerprint density at radius 2 is 1.83 bits per heavy atom. The van der Waals surface area contributed by atoms with Gasteiger partial charge in [0.1, 0.15) is 4.32 Å². The van der Waals surface area contributed by atoms with Crippen molar-refractivity contribution in [3.8, 4) is 0 Å². The summed E-state index contributed by atoms with van der Waals surface area (Å²) >= 11 is 9.10.